The second kappa shape index (κ2) is 8.65. The number of anilines is 1. The summed E-state index contributed by atoms with van der Waals surface area (Å²) < 4.78 is 1.24. The highest BCUT2D eigenvalue weighted by atomic mass is 16.2. The van der Waals surface area contributed by atoms with Gasteiger partial charge in [-0.05, 0) is 49.6 Å². The van der Waals surface area contributed by atoms with Crippen LogP contribution < -0.4 is 10.5 Å². The number of hydrogen-bond donors (Lipinski definition) is 0. The smallest absolute Gasteiger partial charge is 0.267 e. The normalized spacial score (nSPS) is 10.7. The average Bonchev–Trinajstić information content (AvgIpc) is 2.70. The summed E-state index contributed by atoms with van der Waals surface area (Å²) >= 11 is 0. The molecule has 0 saturated heterocycles. The van der Waals surface area contributed by atoms with Gasteiger partial charge < -0.3 is 4.90 Å². The minimum atomic E-state index is -0.289. The molecule has 0 aliphatic carbocycles. The van der Waals surface area contributed by atoms with E-state index in [9.17, 15) is 9.59 Å². The number of likely N-dealkylation sites (N-methyl/N-ethyl adjacent to an activating group) is 1. The van der Waals surface area contributed by atoms with Gasteiger partial charge in [-0.1, -0.05) is 43.3 Å². The van der Waals surface area contributed by atoms with Crippen LogP contribution in [-0.4, -0.2) is 22.2 Å². The summed E-state index contributed by atoms with van der Waals surface area (Å²) in [7, 11) is 0. The highest BCUT2D eigenvalue weighted by molar-refractivity contribution is 5.93. The fraction of sp³-hybridized carbons (Fsp3) is 0.261. The van der Waals surface area contributed by atoms with Gasteiger partial charge in [0.2, 0.25) is 5.91 Å². The number of carbonyl (C=O) groups excluding carboxylic acids is 1. The van der Waals surface area contributed by atoms with Gasteiger partial charge in [0.25, 0.3) is 5.56 Å². The Morgan fingerprint density at radius 3 is 2.43 bits per heavy atom. The molecule has 3 rings (SSSR count). The molecule has 0 bridgehead atoms. The Kier molecular flexibility index (Phi) is 6.04. The average molecular weight is 375 g/mol. The lowest BCUT2D eigenvalue weighted by atomic mass is 10.1. The molecule has 1 aromatic heterocycles. The fourth-order valence-corrected chi connectivity index (χ4v) is 3.14. The maximum absolute atomic E-state index is 12.9. The first-order valence-electron chi connectivity index (χ1n) is 9.56. The summed E-state index contributed by atoms with van der Waals surface area (Å²) in [5.41, 5.74) is 4.45. The Morgan fingerprint density at radius 2 is 1.79 bits per heavy atom. The van der Waals surface area contributed by atoms with E-state index in [1.165, 1.54) is 16.3 Å². The van der Waals surface area contributed by atoms with E-state index in [1.54, 1.807) is 11.0 Å². The number of nitrogens with zero attached hydrogens (tertiary/aromatic N) is 3. The molecule has 0 aliphatic heterocycles. The van der Waals surface area contributed by atoms with E-state index in [1.807, 2.05) is 62.4 Å². The molecule has 2 aromatic carbocycles. The number of aromatic nitrogens is 2. The molecule has 28 heavy (non-hydrogen) atoms. The van der Waals surface area contributed by atoms with E-state index in [-0.39, 0.29) is 18.0 Å². The molecule has 5 nitrogen and oxygen atoms in total. The second-order valence-electron chi connectivity index (χ2n) is 6.74. The van der Waals surface area contributed by atoms with Crippen molar-refractivity contribution in [2.75, 3.05) is 11.4 Å². The van der Waals surface area contributed by atoms with Gasteiger partial charge in [-0.15, -0.1) is 0 Å². The Morgan fingerprint density at radius 1 is 1.04 bits per heavy atom. The molecule has 144 valence electrons. The summed E-state index contributed by atoms with van der Waals surface area (Å²) in [6.07, 6.45) is 0.966. The van der Waals surface area contributed by atoms with E-state index >= 15 is 0 Å². The highest BCUT2D eigenvalue weighted by Crippen LogP contribution is 2.18. The molecule has 0 atom stereocenters. The zero-order valence-electron chi connectivity index (χ0n) is 16.6. The van der Waals surface area contributed by atoms with Crippen molar-refractivity contribution in [1.29, 1.82) is 0 Å². The van der Waals surface area contributed by atoms with Crippen LogP contribution in [0.5, 0.6) is 0 Å². The first-order chi connectivity index (χ1) is 13.5. The van der Waals surface area contributed by atoms with Crippen molar-refractivity contribution in [3.63, 3.8) is 0 Å². The van der Waals surface area contributed by atoms with E-state index in [2.05, 4.69) is 12.0 Å². The molecule has 0 radical (unpaired) electrons. The molecule has 0 saturated carbocycles. The Labute approximate surface area is 165 Å². The second-order valence-corrected chi connectivity index (χ2v) is 6.74. The zero-order chi connectivity index (χ0) is 20.1. The molecule has 0 N–H and O–H groups in total. The topological polar surface area (TPSA) is 55.2 Å². The third-order valence-electron chi connectivity index (χ3n) is 4.74. The van der Waals surface area contributed by atoms with Crippen LogP contribution in [0, 0.1) is 6.92 Å². The SMILES string of the molecule is CCc1ccc(-c2ccc(=O)n(CC(=O)N(CC)c3cccc(C)c3)n2)cc1. The quantitative estimate of drug-likeness (QED) is 0.658. The molecule has 0 unspecified atom stereocenters. The minimum absolute atomic E-state index is 0.0957. The first kappa shape index (κ1) is 19.5. The van der Waals surface area contributed by atoms with Crippen molar-refractivity contribution >= 4 is 11.6 Å². The summed E-state index contributed by atoms with van der Waals surface area (Å²) in [4.78, 5) is 26.8. The van der Waals surface area contributed by atoms with Gasteiger partial charge in [-0.25, -0.2) is 4.68 Å². The van der Waals surface area contributed by atoms with Gasteiger partial charge in [0.05, 0.1) is 5.69 Å². The molecular formula is C23H25N3O2. The summed E-state index contributed by atoms with van der Waals surface area (Å²) in [5.74, 6) is -0.166. The predicted octanol–water partition coefficient (Wildman–Crippen LogP) is 3.83. The Hall–Kier alpha value is -3.21. The molecule has 0 aliphatic rings. The predicted molar refractivity (Wildman–Crippen MR) is 113 cm³/mol. The highest BCUT2D eigenvalue weighted by Gasteiger charge is 2.16. The van der Waals surface area contributed by atoms with Gasteiger partial charge in [0.15, 0.2) is 0 Å². The summed E-state index contributed by atoms with van der Waals surface area (Å²) in [6, 6.07) is 19.0. The van der Waals surface area contributed by atoms with E-state index < -0.39 is 0 Å². The zero-order valence-corrected chi connectivity index (χ0v) is 16.6. The number of amides is 1. The van der Waals surface area contributed by atoms with Crippen LogP contribution in [0.4, 0.5) is 5.69 Å². The van der Waals surface area contributed by atoms with Gasteiger partial charge >= 0.3 is 0 Å². The maximum atomic E-state index is 12.9. The molecule has 0 spiro atoms. The van der Waals surface area contributed by atoms with Crippen LogP contribution in [0.2, 0.25) is 0 Å². The van der Waals surface area contributed by atoms with Gasteiger partial charge in [-0.2, -0.15) is 5.10 Å². The van der Waals surface area contributed by atoms with Gasteiger partial charge in [0.1, 0.15) is 6.54 Å². The van der Waals surface area contributed by atoms with Crippen LogP contribution in [0.15, 0.2) is 65.5 Å². The number of benzene rings is 2. The molecular weight excluding hydrogens is 350 g/mol. The monoisotopic (exact) mass is 375 g/mol. The summed E-state index contributed by atoms with van der Waals surface area (Å²) in [5, 5.41) is 4.42. The lowest BCUT2D eigenvalue weighted by Crippen LogP contribution is -2.37. The van der Waals surface area contributed by atoms with Crippen LogP contribution in [0.3, 0.4) is 0 Å². The van der Waals surface area contributed by atoms with Crippen molar-refractivity contribution in [3.05, 3.63) is 82.1 Å². The lowest BCUT2D eigenvalue weighted by Gasteiger charge is -2.21. The fourth-order valence-electron chi connectivity index (χ4n) is 3.14. The minimum Gasteiger partial charge on any atom is -0.311 e. The lowest BCUT2D eigenvalue weighted by molar-refractivity contribution is -0.119. The van der Waals surface area contributed by atoms with Crippen LogP contribution in [-0.2, 0) is 17.8 Å². The van der Waals surface area contributed by atoms with Crippen molar-refractivity contribution in [1.82, 2.24) is 9.78 Å². The van der Waals surface area contributed by atoms with E-state index in [4.69, 9.17) is 0 Å². The van der Waals surface area contributed by atoms with Crippen molar-refractivity contribution < 1.29 is 4.79 Å². The van der Waals surface area contributed by atoms with E-state index in [0.29, 0.717) is 12.2 Å². The molecule has 0 fully saturated rings. The number of hydrogen-bond acceptors (Lipinski definition) is 3. The first-order valence-corrected chi connectivity index (χ1v) is 9.56. The van der Waals surface area contributed by atoms with Crippen molar-refractivity contribution in [3.8, 4) is 11.3 Å². The number of rotatable bonds is 6. The van der Waals surface area contributed by atoms with E-state index in [0.717, 1.165) is 23.2 Å². The molecule has 3 aromatic rings. The third-order valence-corrected chi connectivity index (χ3v) is 4.74. The summed E-state index contributed by atoms with van der Waals surface area (Å²) in [6.45, 7) is 6.44. The number of carbonyl (C=O) groups is 1. The maximum Gasteiger partial charge on any atom is 0.267 e. The van der Waals surface area contributed by atoms with Gasteiger partial charge in [0, 0.05) is 23.9 Å². The van der Waals surface area contributed by atoms with Crippen molar-refractivity contribution in [2.24, 2.45) is 0 Å². The Bertz CT molecular complexity index is 1020. The Balaban J connectivity index is 1.86. The van der Waals surface area contributed by atoms with Gasteiger partial charge in [-0.3, -0.25) is 9.59 Å². The van der Waals surface area contributed by atoms with Crippen LogP contribution >= 0.6 is 0 Å². The molecule has 1 amide bonds. The largest absolute Gasteiger partial charge is 0.311 e. The van der Waals surface area contributed by atoms with Crippen LogP contribution in [0.25, 0.3) is 11.3 Å². The molecule has 1 heterocycles. The van der Waals surface area contributed by atoms with Crippen molar-refractivity contribution in [2.45, 2.75) is 33.7 Å². The third kappa shape index (κ3) is 4.36. The molecule has 5 heteroatoms. The number of aryl methyl sites for hydroxylation is 2. The van der Waals surface area contributed by atoms with Crippen LogP contribution in [0.1, 0.15) is 25.0 Å². The standard InChI is InChI=1S/C23H25N3O2/c1-4-18-9-11-19(12-10-18)21-13-14-22(27)26(24-21)16-23(28)25(5-2)20-8-6-7-17(3)15-20/h6-15H,4-5,16H2,1-3H3.